The third kappa shape index (κ3) is 2.80. The van der Waals surface area contributed by atoms with Gasteiger partial charge in [0.15, 0.2) is 0 Å². The predicted octanol–water partition coefficient (Wildman–Crippen LogP) is 3.20. The van der Waals surface area contributed by atoms with Crippen LogP contribution in [0.25, 0.3) is 0 Å². The zero-order valence-electron chi connectivity index (χ0n) is 11.7. The molecule has 3 rings (SSSR count). The van der Waals surface area contributed by atoms with Crippen molar-refractivity contribution in [2.24, 2.45) is 17.3 Å². The van der Waals surface area contributed by atoms with Crippen molar-refractivity contribution in [3.05, 3.63) is 24.3 Å². The lowest BCUT2D eigenvalue weighted by atomic mass is 9.80. The van der Waals surface area contributed by atoms with Crippen LogP contribution in [-0.2, 0) is 0 Å². The number of aliphatic hydroxyl groups is 2. The summed E-state index contributed by atoms with van der Waals surface area (Å²) in [5, 5.41) is 20.0. The van der Waals surface area contributed by atoms with Crippen molar-refractivity contribution < 1.29 is 10.2 Å². The molecule has 19 heavy (non-hydrogen) atoms. The van der Waals surface area contributed by atoms with Crippen molar-refractivity contribution in [3.63, 3.8) is 0 Å². The van der Waals surface area contributed by atoms with E-state index in [2.05, 4.69) is 18.2 Å². The molecule has 0 aromatic heterocycles. The molecule has 2 N–H and O–H groups in total. The van der Waals surface area contributed by atoms with Crippen LogP contribution < -0.4 is 0 Å². The standard InChI is InChI=1S/C17H26O2/c18-15(10-13-4-1-2-5-13)7-9-17-8-3-6-14(17)11-16(19)12-17/h3,7-9,13-16,18-19H,1-2,4-6,10-12H2/b9-7+/t14?,15-,16?,17?/m0/s1. The van der Waals surface area contributed by atoms with Gasteiger partial charge in [-0.05, 0) is 37.5 Å². The molecule has 0 aromatic rings. The Balaban J connectivity index is 1.60. The quantitative estimate of drug-likeness (QED) is 0.764. The maximum Gasteiger partial charge on any atom is 0.0723 e. The van der Waals surface area contributed by atoms with Crippen LogP contribution in [0.15, 0.2) is 24.3 Å². The molecule has 3 aliphatic rings. The van der Waals surface area contributed by atoms with Gasteiger partial charge in [-0.15, -0.1) is 0 Å². The molecule has 3 aliphatic carbocycles. The van der Waals surface area contributed by atoms with Crippen LogP contribution in [0.3, 0.4) is 0 Å². The summed E-state index contributed by atoms with van der Waals surface area (Å²) in [4.78, 5) is 0. The van der Waals surface area contributed by atoms with E-state index in [1.165, 1.54) is 25.7 Å². The van der Waals surface area contributed by atoms with Crippen LogP contribution in [0, 0.1) is 17.3 Å². The minimum atomic E-state index is -0.301. The molecule has 2 nitrogen and oxygen atoms in total. The average Bonchev–Trinajstić information content (AvgIpc) is 3.02. The molecule has 106 valence electrons. The van der Waals surface area contributed by atoms with Crippen molar-refractivity contribution in [1.82, 2.24) is 0 Å². The van der Waals surface area contributed by atoms with Crippen molar-refractivity contribution in [2.45, 2.75) is 63.6 Å². The van der Waals surface area contributed by atoms with E-state index in [9.17, 15) is 10.2 Å². The number of hydrogen-bond acceptors (Lipinski definition) is 2. The van der Waals surface area contributed by atoms with Gasteiger partial charge < -0.3 is 10.2 Å². The summed E-state index contributed by atoms with van der Waals surface area (Å²) in [5.74, 6) is 1.28. The maximum atomic E-state index is 10.2. The fraction of sp³-hybridized carbons (Fsp3) is 0.765. The highest BCUT2D eigenvalue weighted by Gasteiger charge is 2.45. The molecule has 0 aromatic carbocycles. The van der Waals surface area contributed by atoms with E-state index in [1.54, 1.807) is 0 Å². The van der Waals surface area contributed by atoms with E-state index >= 15 is 0 Å². The van der Waals surface area contributed by atoms with Gasteiger partial charge >= 0.3 is 0 Å². The van der Waals surface area contributed by atoms with Crippen LogP contribution in [0.5, 0.6) is 0 Å². The molecule has 0 spiro atoms. The van der Waals surface area contributed by atoms with Crippen LogP contribution in [0.1, 0.15) is 51.4 Å². The molecule has 0 aliphatic heterocycles. The Hall–Kier alpha value is -0.600. The molecule has 0 bridgehead atoms. The lowest BCUT2D eigenvalue weighted by Crippen LogP contribution is -2.18. The largest absolute Gasteiger partial charge is 0.393 e. The van der Waals surface area contributed by atoms with E-state index in [1.807, 2.05) is 6.08 Å². The first-order valence-electron chi connectivity index (χ1n) is 7.91. The van der Waals surface area contributed by atoms with E-state index < -0.39 is 0 Å². The van der Waals surface area contributed by atoms with Gasteiger partial charge in [-0.2, -0.15) is 0 Å². The van der Waals surface area contributed by atoms with Crippen LogP contribution in [-0.4, -0.2) is 22.4 Å². The topological polar surface area (TPSA) is 40.5 Å². The van der Waals surface area contributed by atoms with Gasteiger partial charge in [-0.3, -0.25) is 0 Å². The summed E-state index contributed by atoms with van der Waals surface area (Å²) < 4.78 is 0. The molecule has 2 heteroatoms. The summed E-state index contributed by atoms with van der Waals surface area (Å²) in [6.07, 6.45) is 17.2. The number of aliphatic hydroxyl groups excluding tert-OH is 2. The second-order valence-electron chi connectivity index (χ2n) is 6.85. The van der Waals surface area contributed by atoms with E-state index in [4.69, 9.17) is 0 Å². The number of rotatable bonds is 4. The molecule has 0 saturated heterocycles. The summed E-state index contributed by atoms with van der Waals surface area (Å²) in [5.41, 5.74) is 0.0378. The smallest absolute Gasteiger partial charge is 0.0723 e. The zero-order valence-corrected chi connectivity index (χ0v) is 11.7. The molecule has 2 saturated carbocycles. The second kappa shape index (κ2) is 5.41. The molecule has 0 radical (unpaired) electrons. The Morgan fingerprint density at radius 2 is 2.11 bits per heavy atom. The Labute approximate surface area is 116 Å². The van der Waals surface area contributed by atoms with Crippen molar-refractivity contribution in [3.8, 4) is 0 Å². The molecular weight excluding hydrogens is 236 g/mol. The van der Waals surface area contributed by atoms with Crippen LogP contribution in [0.2, 0.25) is 0 Å². The molecule has 0 amide bonds. The Morgan fingerprint density at radius 1 is 1.32 bits per heavy atom. The van der Waals surface area contributed by atoms with Crippen molar-refractivity contribution >= 4 is 0 Å². The van der Waals surface area contributed by atoms with Crippen LogP contribution in [0.4, 0.5) is 0 Å². The first-order valence-corrected chi connectivity index (χ1v) is 7.91. The van der Waals surface area contributed by atoms with Gasteiger partial charge in [-0.1, -0.05) is 50.0 Å². The first kappa shape index (κ1) is 13.4. The highest BCUT2D eigenvalue weighted by Crippen LogP contribution is 2.51. The molecular formula is C17H26O2. The number of allylic oxidation sites excluding steroid dienone is 3. The summed E-state index contributed by atoms with van der Waals surface area (Å²) in [6, 6.07) is 0. The lowest BCUT2D eigenvalue weighted by Gasteiger charge is -2.24. The Morgan fingerprint density at radius 3 is 2.89 bits per heavy atom. The fourth-order valence-electron chi connectivity index (χ4n) is 4.39. The maximum absolute atomic E-state index is 10.2. The lowest BCUT2D eigenvalue weighted by molar-refractivity contribution is 0.172. The van der Waals surface area contributed by atoms with E-state index in [0.717, 1.165) is 31.6 Å². The highest BCUT2D eigenvalue weighted by atomic mass is 16.3. The Bertz CT molecular complexity index is 367. The Kier molecular flexibility index (Phi) is 3.81. The van der Waals surface area contributed by atoms with E-state index in [-0.39, 0.29) is 17.6 Å². The monoisotopic (exact) mass is 262 g/mol. The highest BCUT2D eigenvalue weighted by molar-refractivity contribution is 5.24. The molecule has 0 heterocycles. The summed E-state index contributed by atoms with van der Waals surface area (Å²) in [7, 11) is 0. The number of hydrogen-bond donors (Lipinski definition) is 2. The zero-order chi connectivity index (χ0) is 13.3. The molecule has 2 fully saturated rings. The van der Waals surface area contributed by atoms with Gasteiger partial charge in [0.05, 0.1) is 12.2 Å². The van der Waals surface area contributed by atoms with Gasteiger partial charge in [-0.25, -0.2) is 0 Å². The van der Waals surface area contributed by atoms with Crippen molar-refractivity contribution in [2.75, 3.05) is 0 Å². The third-order valence-corrected chi connectivity index (χ3v) is 5.43. The van der Waals surface area contributed by atoms with Crippen LogP contribution >= 0.6 is 0 Å². The van der Waals surface area contributed by atoms with Gasteiger partial charge in [0, 0.05) is 5.41 Å². The predicted molar refractivity (Wildman–Crippen MR) is 76.6 cm³/mol. The summed E-state index contributed by atoms with van der Waals surface area (Å²) in [6.45, 7) is 0. The second-order valence-corrected chi connectivity index (χ2v) is 6.85. The molecule has 4 atom stereocenters. The third-order valence-electron chi connectivity index (χ3n) is 5.43. The number of fused-ring (bicyclic) bond motifs is 1. The van der Waals surface area contributed by atoms with Gasteiger partial charge in [0.25, 0.3) is 0 Å². The minimum Gasteiger partial charge on any atom is -0.393 e. The average molecular weight is 262 g/mol. The van der Waals surface area contributed by atoms with E-state index in [0.29, 0.717) is 5.92 Å². The van der Waals surface area contributed by atoms with Crippen molar-refractivity contribution in [1.29, 1.82) is 0 Å². The van der Waals surface area contributed by atoms with Gasteiger partial charge in [0.1, 0.15) is 0 Å². The molecule has 3 unspecified atom stereocenters. The normalized spacial score (nSPS) is 40.3. The minimum absolute atomic E-state index is 0.0378. The fourth-order valence-corrected chi connectivity index (χ4v) is 4.39. The summed E-state index contributed by atoms with van der Waals surface area (Å²) >= 11 is 0. The SMILES string of the molecule is OC1CC2CC=CC2(/C=C/[C@H](O)CC2CCCC2)C1. The van der Waals surface area contributed by atoms with Gasteiger partial charge in [0.2, 0.25) is 0 Å². The first-order chi connectivity index (χ1) is 9.18.